The maximum absolute atomic E-state index is 6.23. The van der Waals surface area contributed by atoms with Gasteiger partial charge in [0.1, 0.15) is 0 Å². The van der Waals surface area contributed by atoms with Gasteiger partial charge in [0.15, 0.2) is 0 Å². The zero-order valence-electron chi connectivity index (χ0n) is 10.4. The molecule has 1 unspecified atom stereocenters. The lowest BCUT2D eigenvalue weighted by Crippen LogP contribution is -2.20. The average Bonchev–Trinajstić information content (AvgIpc) is 2.75. The van der Waals surface area contributed by atoms with E-state index < -0.39 is 0 Å². The van der Waals surface area contributed by atoms with Gasteiger partial charge >= 0.3 is 0 Å². The highest BCUT2D eigenvalue weighted by Crippen LogP contribution is 2.45. The second kappa shape index (κ2) is 4.53. The van der Waals surface area contributed by atoms with Crippen molar-refractivity contribution in [2.75, 3.05) is 11.9 Å². The molecule has 1 aromatic carbocycles. The van der Waals surface area contributed by atoms with Gasteiger partial charge in [-0.25, -0.2) is 0 Å². The van der Waals surface area contributed by atoms with Crippen molar-refractivity contribution in [1.82, 2.24) is 0 Å². The first-order valence-electron chi connectivity index (χ1n) is 6.78. The van der Waals surface area contributed by atoms with E-state index in [1.54, 1.807) is 0 Å². The number of benzene rings is 1. The predicted molar refractivity (Wildman–Crippen MR) is 73.8 cm³/mol. The molecule has 0 radical (unpaired) electrons. The molecule has 1 atom stereocenters. The van der Waals surface area contributed by atoms with Crippen molar-refractivity contribution in [1.29, 1.82) is 0 Å². The van der Waals surface area contributed by atoms with Crippen LogP contribution in [-0.4, -0.2) is 6.54 Å². The standard InChI is InChI=1S/C15H20ClN/c1-10-5-7-11(8-6-10)13-9-17-15-12(13)3-2-4-14(15)16/h2-4,10-11,13,17H,5-9H2,1H3. The Bertz CT molecular complexity index is 407. The Morgan fingerprint density at radius 1 is 1.18 bits per heavy atom. The van der Waals surface area contributed by atoms with Gasteiger partial charge in [-0.3, -0.25) is 0 Å². The number of hydrogen-bond donors (Lipinski definition) is 1. The van der Waals surface area contributed by atoms with E-state index in [9.17, 15) is 0 Å². The molecule has 1 nitrogen and oxygen atoms in total. The Balaban J connectivity index is 1.82. The van der Waals surface area contributed by atoms with E-state index in [0.29, 0.717) is 5.92 Å². The molecule has 1 N–H and O–H groups in total. The van der Waals surface area contributed by atoms with Crippen LogP contribution in [0, 0.1) is 11.8 Å². The molecule has 0 spiro atoms. The third-order valence-corrected chi connectivity index (χ3v) is 4.89. The Morgan fingerprint density at radius 2 is 1.94 bits per heavy atom. The number of para-hydroxylation sites is 1. The fourth-order valence-electron chi connectivity index (χ4n) is 3.47. The summed E-state index contributed by atoms with van der Waals surface area (Å²) in [6.07, 6.45) is 5.58. The van der Waals surface area contributed by atoms with Crippen molar-refractivity contribution >= 4 is 17.3 Å². The van der Waals surface area contributed by atoms with Gasteiger partial charge in [0.25, 0.3) is 0 Å². The zero-order valence-corrected chi connectivity index (χ0v) is 11.1. The topological polar surface area (TPSA) is 12.0 Å². The van der Waals surface area contributed by atoms with E-state index in [4.69, 9.17) is 11.6 Å². The van der Waals surface area contributed by atoms with Crippen LogP contribution in [0.2, 0.25) is 5.02 Å². The smallest absolute Gasteiger partial charge is 0.0640 e. The maximum Gasteiger partial charge on any atom is 0.0640 e. The van der Waals surface area contributed by atoms with Crippen molar-refractivity contribution < 1.29 is 0 Å². The molecule has 0 saturated heterocycles. The number of hydrogen-bond acceptors (Lipinski definition) is 1. The Hall–Kier alpha value is -0.690. The van der Waals surface area contributed by atoms with Crippen LogP contribution < -0.4 is 5.32 Å². The summed E-state index contributed by atoms with van der Waals surface area (Å²) in [6, 6.07) is 6.33. The van der Waals surface area contributed by atoms with Crippen molar-refractivity contribution in [3.63, 3.8) is 0 Å². The molecule has 0 amide bonds. The van der Waals surface area contributed by atoms with Crippen molar-refractivity contribution in [2.24, 2.45) is 11.8 Å². The number of halogens is 1. The molecule has 1 heterocycles. The summed E-state index contributed by atoms with van der Waals surface area (Å²) in [5.74, 6) is 2.48. The molecule has 3 rings (SSSR count). The van der Waals surface area contributed by atoms with Crippen molar-refractivity contribution in [3.05, 3.63) is 28.8 Å². The minimum absolute atomic E-state index is 0.691. The first-order chi connectivity index (χ1) is 8.25. The first kappa shape index (κ1) is 11.4. The van der Waals surface area contributed by atoms with Crippen LogP contribution >= 0.6 is 11.6 Å². The summed E-state index contributed by atoms with van der Waals surface area (Å²) in [4.78, 5) is 0. The lowest BCUT2D eigenvalue weighted by molar-refractivity contribution is 0.261. The third kappa shape index (κ3) is 2.06. The van der Waals surface area contributed by atoms with Crippen LogP contribution in [0.5, 0.6) is 0 Å². The highest BCUT2D eigenvalue weighted by Gasteiger charge is 2.32. The lowest BCUT2D eigenvalue weighted by Gasteiger charge is -2.30. The van der Waals surface area contributed by atoms with Gasteiger partial charge in [0.05, 0.1) is 10.7 Å². The highest BCUT2D eigenvalue weighted by atomic mass is 35.5. The summed E-state index contributed by atoms with van der Waals surface area (Å²) in [6.45, 7) is 3.46. The van der Waals surface area contributed by atoms with Crippen LogP contribution in [0.3, 0.4) is 0 Å². The van der Waals surface area contributed by atoms with Crippen LogP contribution in [0.1, 0.15) is 44.1 Å². The van der Waals surface area contributed by atoms with Gasteiger partial charge < -0.3 is 5.32 Å². The van der Waals surface area contributed by atoms with Crippen molar-refractivity contribution in [3.8, 4) is 0 Å². The Morgan fingerprint density at radius 3 is 2.71 bits per heavy atom. The number of anilines is 1. The summed E-state index contributed by atoms with van der Waals surface area (Å²) in [5.41, 5.74) is 2.65. The molecule has 1 aliphatic carbocycles. The number of fused-ring (bicyclic) bond motifs is 1. The quantitative estimate of drug-likeness (QED) is 0.762. The molecular weight excluding hydrogens is 230 g/mol. The Kier molecular flexibility index (Phi) is 3.04. The third-order valence-electron chi connectivity index (χ3n) is 4.57. The van der Waals surface area contributed by atoms with E-state index >= 15 is 0 Å². The van der Waals surface area contributed by atoms with Gasteiger partial charge in [-0.2, -0.15) is 0 Å². The lowest BCUT2D eigenvalue weighted by atomic mass is 9.75. The van der Waals surface area contributed by atoms with Gasteiger partial charge in [-0.1, -0.05) is 43.5 Å². The van der Waals surface area contributed by atoms with E-state index in [0.717, 1.165) is 23.4 Å². The molecule has 2 heteroatoms. The largest absolute Gasteiger partial charge is 0.383 e. The van der Waals surface area contributed by atoms with Crippen LogP contribution in [0.15, 0.2) is 18.2 Å². The monoisotopic (exact) mass is 249 g/mol. The number of rotatable bonds is 1. The normalized spacial score (nSPS) is 32.0. The van der Waals surface area contributed by atoms with E-state index in [-0.39, 0.29) is 0 Å². The summed E-state index contributed by atoms with van der Waals surface area (Å²) >= 11 is 6.23. The molecule has 2 aliphatic rings. The zero-order chi connectivity index (χ0) is 11.8. The van der Waals surface area contributed by atoms with Gasteiger partial charge in [-0.05, 0) is 36.3 Å². The first-order valence-corrected chi connectivity index (χ1v) is 7.16. The van der Waals surface area contributed by atoms with Gasteiger partial charge in [0, 0.05) is 12.5 Å². The second-order valence-electron chi connectivity index (χ2n) is 5.71. The molecule has 0 bridgehead atoms. The molecule has 1 saturated carbocycles. The van der Waals surface area contributed by atoms with Crippen LogP contribution in [-0.2, 0) is 0 Å². The summed E-state index contributed by atoms with van der Waals surface area (Å²) in [7, 11) is 0. The molecule has 92 valence electrons. The fourth-order valence-corrected chi connectivity index (χ4v) is 3.72. The molecule has 1 aliphatic heterocycles. The van der Waals surface area contributed by atoms with Gasteiger partial charge in [0.2, 0.25) is 0 Å². The molecule has 1 fully saturated rings. The summed E-state index contributed by atoms with van der Waals surface area (Å²) < 4.78 is 0. The average molecular weight is 250 g/mol. The molecule has 17 heavy (non-hydrogen) atoms. The van der Waals surface area contributed by atoms with Crippen LogP contribution in [0.25, 0.3) is 0 Å². The summed E-state index contributed by atoms with van der Waals surface area (Å²) in [5, 5.41) is 4.38. The Labute approximate surface area is 109 Å². The fraction of sp³-hybridized carbons (Fsp3) is 0.600. The molecule has 1 aromatic rings. The van der Waals surface area contributed by atoms with Crippen molar-refractivity contribution in [2.45, 2.75) is 38.5 Å². The minimum atomic E-state index is 0.691. The van der Waals surface area contributed by atoms with E-state index in [1.165, 1.54) is 36.9 Å². The van der Waals surface area contributed by atoms with Gasteiger partial charge in [-0.15, -0.1) is 0 Å². The molecular formula is C15H20ClN. The van der Waals surface area contributed by atoms with Crippen LogP contribution in [0.4, 0.5) is 5.69 Å². The number of nitrogens with one attached hydrogen (secondary N) is 1. The second-order valence-corrected chi connectivity index (χ2v) is 6.12. The van der Waals surface area contributed by atoms with E-state index in [2.05, 4.69) is 24.4 Å². The minimum Gasteiger partial charge on any atom is -0.383 e. The highest BCUT2D eigenvalue weighted by molar-refractivity contribution is 6.33. The molecule has 0 aromatic heterocycles. The van der Waals surface area contributed by atoms with E-state index in [1.807, 2.05) is 6.07 Å². The predicted octanol–water partition coefficient (Wildman–Crippen LogP) is 4.68. The SMILES string of the molecule is CC1CCC(C2CNc3c(Cl)cccc32)CC1. The maximum atomic E-state index is 6.23.